The normalized spacial score (nSPS) is 24.4. The third-order valence-electron chi connectivity index (χ3n) is 7.27. The molecule has 0 spiro atoms. The van der Waals surface area contributed by atoms with Crippen molar-refractivity contribution in [2.75, 3.05) is 23.5 Å². The highest BCUT2D eigenvalue weighted by molar-refractivity contribution is 6.24. The highest BCUT2D eigenvalue weighted by Gasteiger charge is 2.65. The molecule has 0 bridgehead atoms. The van der Waals surface area contributed by atoms with Gasteiger partial charge in [0.2, 0.25) is 11.8 Å². The molecule has 0 aliphatic carbocycles. The van der Waals surface area contributed by atoms with Crippen molar-refractivity contribution in [2.24, 2.45) is 11.8 Å². The van der Waals surface area contributed by atoms with E-state index in [9.17, 15) is 14.4 Å². The van der Waals surface area contributed by atoms with Crippen molar-refractivity contribution in [2.45, 2.75) is 19.0 Å². The lowest BCUT2D eigenvalue weighted by molar-refractivity contribution is -0.147. The Hall–Kier alpha value is -4.13. The van der Waals surface area contributed by atoms with Gasteiger partial charge in [-0.2, -0.15) is 0 Å². The fourth-order valence-corrected chi connectivity index (χ4v) is 5.81. The third-order valence-corrected chi connectivity index (χ3v) is 7.27. The van der Waals surface area contributed by atoms with E-state index in [1.54, 1.807) is 38.3 Å². The monoisotopic (exact) mass is 468 g/mol. The van der Waals surface area contributed by atoms with Gasteiger partial charge in [-0.05, 0) is 48.0 Å². The molecule has 6 rings (SSSR count). The molecule has 0 radical (unpaired) electrons. The fraction of sp³-hybridized carbons (Fsp3) is 0.250. The number of amides is 2. The van der Waals surface area contributed by atoms with E-state index in [-0.39, 0.29) is 18.4 Å². The van der Waals surface area contributed by atoms with Crippen LogP contribution in [0.2, 0.25) is 0 Å². The number of hydrogen-bond donors (Lipinski definition) is 0. The maximum Gasteiger partial charge on any atom is 0.329 e. The summed E-state index contributed by atoms with van der Waals surface area (Å²) in [4.78, 5) is 43.9. The van der Waals surface area contributed by atoms with Gasteiger partial charge < -0.3 is 14.4 Å². The second kappa shape index (κ2) is 7.98. The third kappa shape index (κ3) is 3.00. The van der Waals surface area contributed by atoms with Crippen molar-refractivity contribution in [1.82, 2.24) is 0 Å². The second-order valence-corrected chi connectivity index (χ2v) is 8.93. The van der Waals surface area contributed by atoms with Crippen molar-refractivity contribution in [3.63, 3.8) is 0 Å². The maximum atomic E-state index is 13.8. The highest BCUT2D eigenvalue weighted by atomic mass is 16.5. The molecule has 4 unspecified atom stereocenters. The molecule has 3 aliphatic rings. The van der Waals surface area contributed by atoms with Crippen LogP contribution in [0.25, 0.3) is 16.8 Å². The van der Waals surface area contributed by atoms with Gasteiger partial charge in [-0.1, -0.05) is 42.5 Å². The highest BCUT2D eigenvalue weighted by Crippen LogP contribution is 2.50. The predicted molar refractivity (Wildman–Crippen MR) is 132 cm³/mol. The molecule has 35 heavy (non-hydrogen) atoms. The lowest BCUT2D eigenvalue weighted by Gasteiger charge is -2.36. The first-order valence-corrected chi connectivity index (χ1v) is 11.7. The standard InChI is InChI=1S/C28H24N2O5/c1-3-35-28(33)25-24-23(26(31)29(27(24)32)17-9-11-18(34-2)12-10-17)22-15-13-20-19-7-5-4-6-16(19)8-14-21(20)30(22)25/h4-15,22-25H,3H2,1-2H3. The van der Waals surface area contributed by atoms with Crippen molar-refractivity contribution < 1.29 is 23.9 Å². The Labute approximate surface area is 202 Å². The van der Waals surface area contributed by atoms with Crippen molar-refractivity contribution in [3.05, 3.63) is 72.3 Å². The van der Waals surface area contributed by atoms with Crippen LogP contribution in [0.15, 0.2) is 66.7 Å². The molecule has 0 saturated carbocycles. The van der Waals surface area contributed by atoms with Gasteiger partial charge in [0.25, 0.3) is 0 Å². The van der Waals surface area contributed by atoms with Crippen molar-refractivity contribution in [1.29, 1.82) is 0 Å². The summed E-state index contributed by atoms with van der Waals surface area (Å²) in [5, 5.41) is 2.14. The Morgan fingerprint density at radius 1 is 0.943 bits per heavy atom. The Morgan fingerprint density at radius 2 is 1.69 bits per heavy atom. The zero-order valence-electron chi connectivity index (χ0n) is 19.4. The first-order chi connectivity index (χ1) is 17.0. The maximum absolute atomic E-state index is 13.8. The zero-order valence-corrected chi connectivity index (χ0v) is 19.4. The number of methoxy groups -OCH3 is 1. The number of carbonyl (C=O) groups is 3. The van der Waals surface area contributed by atoms with Crippen molar-refractivity contribution >= 4 is 46.0 Å². The number of nitrogens with zero attached hydrogens (tertiary/aromatic N) is 2. The number of imide groups is 1. The topological polar surface area (TPSA) is 76.1 Å². The van der Waals surface area contributed by atoms with E-state index in [2.05, 4.69) is 0 Å². The average molecular weight is 469 g/mol. The predicted octanol–water partition coefficient (Wildman–Crippen LogP) is 3.80. The van der Waals surface area contributed by atoms with Gasteiger partial charge in [0.15, 0.2) is 0 Å². The molecule has 2 saturated heterocycles. The van der Waals surface area contributed by atoms with Gasteiger partial charge in [-0.25, -0.2) is 9.69 Å². The summed E-state index contributed by atoms with van der Waals surface area (Å²) in [7, 11) is 1.56. The molecule has 7 heteroatoms. The summed E-state index contributed by atoms with van der Waals surface area (Å²) in [6.45, 7) is 1.93. The Balaban J connectivity index is 1.47. The van der Waals surface area contributed by atoms with Crippen LogP contribution in [0.1, 0.15) is 12.5 Å². The van der Waals surface area contributed by atoms with Gasteiger partial charge in [-0.15, -0.1) is 0 Å². The van der Waals surface area contributed by atoms with Crippen LogP contribution in [0.4, 0.5) is 11.4 Å². The van der Waals surface area contributed by atoms with Gasteiger partial charge >= 0.3 is 5.97 Å². The van der Waals surface area contributed by atoms with Crippen LogP contribution in [0.3, 0.4) is 0 Å². The van der Waals surface area contributed by atoms with E-state index in [4.69, 9.17) is 9.47 Å². The summed E-state index contributed by atoms with van der Waals surface area (Å²) < 4.78 is 10.6. The molecule has 2 amide bonds. The number of benzene rings is 3. The van der Waals surface area contributed by atoms with Crippen LogP contribution in [0, 0.1) is 11.8 Å². The molecule has 176 valence electrons. The Morgan fingerprint density at radius 3 is 2.43 bits per heavy atom. The number of rotatable bonds is 4. The molecule has 3 aromatic carbocycles. The largest absolute Gasteiger partial charge is 0.497 e. The van der Waals surface area contributed by atoms with E-state index >= 15 is 0 Å². The minimum absolute atomic E-state index is 0.190. The minimum atomic E-state index is -0.894. The second-order valence-electron chi connectivity index (χ2n) is 8.93. The summed E-state index contributed by atoms with van der Waals surface area (Å²) in [5.74, 6) is -2.07. The van der Waals surface area contributed by atoms with Crippen LogP contribution >= 0.6 is 0 Å². The molecule has 3 heterocycles. The quantitative estimate of drug-likeness (QED) is 0.428. The first-order valence-electron chi connectivity index (χ1n) is 11.7. The van der Waals surface area contributed by atoms with E-state index in [1.807, 2.05) is 53.5 Å². The number of ether oxygens (including phenoxy) is 2. The Bertz CT molecular complexity index is 1400. The minimum Gasteiger partial charge on any atom is -0.497 e. The summed E-state index contributed by atoms with van der Waals surface area (Å²) in [6.07, 6.45) is 3.96. The van der Waals surface area contributed by atoms with E-state index in [0.717, 1.165) is 22.0 Å². The molecule has 4 atom stereocenters. The van der Waals surface area contributed by atoms with E-state index in [0.29, 0.717) is 11.4 Å². The van der Waals surface area contributed by atoms with Crippen LogP contribution < -0.4 is 14.5 Å². The number of hydrogen-bond acceptors (Lipinski definition) is 6. The molecule has 0 aromatic heterocycles. The average Bonchev–Trinajstić information content (AvgIpc) is 3.36. The van der Waals surface area contributed by atoms with Gasteiger partial charge in [0, 0.05) is 11.3 Å². The first kappa shape index (κ1) is 21.4. The molecular weight excluding hydrogens is 444 g/mol. The molecule has 2 fully saturated rings. The van der Waals surface area contributed by atoms with Crippen LogP contribution in [-0.4, -0.2) is 43.6 Å². The zero-order chi connectivity index (χ0) is 24.3. The summed E-state index contributed by atoms with van der Waals surface area (Å²) in [5.41, 5.74) is 2.27. The molecular formula is C28H24N2O5. The number of carbonyl (C=O) groups excluding carboxylic acids is 3. The van der Waals surface area contributed by atoms with Crippen LogP contribution in [0.5, 0.6) is 5.75 Å². The Kier molecular flexibility index (Phi) is 4.88. The molecule has 3 aromatic rings. The lowest BCUT2D eigenvalue weighted by Crippen LogP contribution is -2.49. The van der Waals surface area contributed by atoms with Gasteiger partial charge in [0.05, 0.1) is 37.3 Å². The van der Waals surface area contributed by atoms with Gasteiger partial charge in [0.1, 0.15) is 11.8 Å². The molecule has 3 aliphatic heterocycles. The summed E-state index contributed by atoms with van der Waals surface area (Å²) >= 11 is 0. The smallest absolute Gasteiger partial charge is 0.329 e. The van der Waals surface area contributed by atoms with E-state index in [1.165, 1.54) is 4.90 Å². The molecule has 7 nitrogen and oxygen atoms in total. The lowest BCUT2D eigenvalue weighted by atomic mass is 9.88. The van der Waals surface area contributed by atoms with Gasteiger partial charge in [-0.3, -0.25) is 9.59 Å². The van der Waals surface area contributed by atoms with Crippen LogP contribution in [-0.2, 0) is 19.1 Å². The SMILES string of the molecule is CCOC(=O)C1C2C(=O)N(c3ccc(OC)cc3)C(=O)C2C2C=Cc3c(ccc4ccccc34)N21. The fourth-order valence-electron chi connectivity index (χ4n) is 5.81. The number of anilines is 2. The summed E-state index contributed by atoms with van der Waals surface area (Å²) in [6, 6.07) is 17.5. The van der Waals surface area contributed by atoms with Crippen molar-refractivity contribution in [3.8, 4) is 5.75 Å². The van der Waals surface area contributed by atoms with E-state index < -0.39 is 29.9 Å². The number of fused-ring (bicyclic) bond motifs is 7. The number of esters is 1. The molecule has 0 N–H and O–H groups in total.